The summed E-state index contributed by atoms with van der Waals surface area (Å²) < 4.78 is 46.3. The lowest BCUT2D eigenvalue weighted by Gasteiger charge is -2.30. The first-order valence-corrected chi connectivity index (χ1v) is 10.6. The van der Waals surface area contributed by atoms with Crippen molar-refractivity contribution in [2.75, 3.05) is 43.2 Å². The van der Waals surface area contributed by atoms with E-state index >= 15 is 0 Å². The zero-order valence-electron chi connectivity index (χ0n) is 18.4. The van der Waals surface area contributed by atoms with Crippen molar-refractivity contribution in [1.82, 2.24) is 4.98 Å². The average molecular weight is 455 g/mol. The number of benzene rings is 2. The predicted octanol–water partition coefficient (Wildman–Crippen LogP) is 5.19. The molecule has 0 saturated carbocycles. The van der Waals surface area contributed by atoms with Gasteiger partial charge in [0, 0.05) is 43.1 Å². The smallest absolute Gasteiger partial charge is 0.378 e. The zero-order valence-corrected chi connectivity index (χ0v) is 18.4. The van der Waals surface area contributed by atoms with Crippen LogP contribution in [0.2, 0.25) is 0 Å². The minimum Gasteiger partial charge on any atom is -0.378 e. The van der Waals surface area contributed by atoms with E-state index in [1.54, 1.807) is 30.4 Å². The second-order valence-corrected chi connectivity index (χ2v) is 7.94. The van der Waals surface area contributed by atoms with Gasteiger partial charge in [-0.3, -0.25) is 9.78 Å². The Balaban J connectivity index is 1.75. The van der Waals surface area contributed by atoms with Crippen LogP contribution in [0, 0.1) is 6.92 Å². The Morgan fingerprint density at radius 1 is 1.06 bits per heavy atom. The number of amides is 1. The number of hydrogen-bond donors (Lipinski definition) is 0. The lowest BCUT2D eigenvalue weighted by molar-refractivity contribution is -0.137. The number of pyridine rings is 1. The third-order valence-corrected chi connectivity index (χ3v) is 5.77. The fourth-order valence-corrected chi connectivity index (χ4v) is 3.96. The van der Waals surface area contributed by atoms with Gasteiger partial charge in [-0.15, -0.1) is 0 Å². The number of halogens is 3. The molecule has 33 heavy (non-hydrogen) atoms. The summed E-state index contributed by atoms with van der Waals surface area (Å²) in [6.45, 7) is 3.74. The minimum absolute atomic E-state index is 0.0339. The Kier molecular flexibility index (Phi) is 6.37. The highest BCUT2D eigenvalue weighted by Gasteiger charge is 2.33. The van der Waals surface area contributed by atoms with E-state index in [0.29, 0.717) is 37.7 Å². The summed E-state index contributed by atoms with van der Waals surface area (Å²) in [7, 11) is 1.55. The molecule has 172 valence electrons. The molecule has 5 nitrogen and oxygen atoms in total. The summed E-state index contributed by atoms with van der Waals surface area (Å²) >= 11 is 0. The zero-order chi connectivity index (χ0) is 23.6. The van der Waals surface area contributed by atoms with Crippen LogP contribution < -0.4 is 9.80 Å². The second kappa shape index (κ2) is 9.23. The Morgan fingerprint density at radius 3 is 2.48 bits per heavy atom. The van der Waals surface area contributed by atoms with Gasteiger partial charge in [-0.05, 0) is 42.3 Å². The van der Waals surface area contributed by atoms with E-state index < -0.39 is 17.6 Å². The maximum absolute atomic E-state index is 13.7. The maximum Gasteiger partial charge on any atom is 0.416 e. The van der Waals surface area contributed by atoms with Crippen molar-refractivity contribution in [1.29, 1.82) is 0 Å². The average Bonchev–Trinajstić information content (AvgIpc) is 2.83. The van der Waals surface area contributed by atoms with Crippen LogP contribution in [-0.2, 0) is 10.9 Å². The van der Waals surface area contributed by atoms with Gasteiger partial charge < -0.3 is 14.5 Å². The molecule has 0 bridgehead atoms. The number of anilines is 2. The molecule has 1 amide bonds. The maximum atomic E-state index is 13.7. The van der Waals surface area contributed by atoms with Gasteiger partial charge in [-0.25, -0.2) is 0 Å². The van der Waals surface area contributed by atoms with Gasteiger partial charge in [-0.2, -0.15) is 13.2 Å². The largest absolute Gasteiger partial charge is 0.416 e. The highest BCUT2D eigenvalue weighted by molar-refractivity contribution is 6.08. The van der Waals surface area contributed by atoms with Crippen LogP contribution in [0.5, 0.6) is 0 Å². The lowest BCUT2D eigenvalue weighted by Crippen LogP contribution is -2.36. The lowest BCUT2D eigenvalue weighted by atomic mass is 9.99. The van der Waals surface area contributed by atoms with Crippen molar-refractivity contribution < 1.29 is 22.7 Å². The number of carbonyl (C=O) groups excluding carboxylic acids is 1. The van der Waals surface area contributed by atoms with Crippen molar-refractivity contribution >= 4 is 17.3 Å². The number of aryl methyl sites for hydroxylation is 1. The van der Waals surface area contributed by atoms with Gasteiger partial charge in [0.2, 0.25) is 0 Å². The topological polar surface area (TPSA) is 45.7 Å². The third kappa shape index (κ3) is 4.85. The molecule has 1 aliphatic rings. The number of nitrogens with zero attached hydrogens (tertiary/aromatic N) is 3. The molecule has 1 fully saturated rings. The minimum atomic E-state index is -4.57. The molecule has 0 spiro atoms. The number of aromatic nitrogens is 1. The molecular formula is C25H24F3N3O2. The van der Waals surface area contributed by atoms with Crippen LogP contribution in [0.25, 0.3) is 11.1 Å². The highest BCUT2D eigenvalue weighted by Crippen LogP contribution is 2.35. The predicted molar refractivity (Wildman–Crippen MR) is 122 cm³/mol. The second-order valence-electron chi connectivity index (χ2n) is 7.94. The summed E-state index contributed by atoms with van der Waals surface area (Å²) in [5.41, 5.74) is 2.70. The Labute approximate surface area is 190 Å². The molecule has 0 N–H and O–H groups in total. The van der Waals surface area contributed by atoms with Crippen LogP contribution >= 0.6 is 0 Å². The van der Waals surface area contributed by atoms with Crippen molar-refractivity contribution in [2.45, 2.75) is 13.1 Å². The van der Waals surface area contributed by atoms with Crippen LogP contribution in [0.3, 0.4) is 0 Å². The number of hydrogen-bond acceptors (Lipinski definition) is 4. The molecule has 0 aliphatic carbocycles. The van der Waals surface area contributed by atoms with Gasteiger partial charge >= 0.3 is 6.18 Å². The molecule has 0 radical (unpaired) electrons. The molecule has 2 aromatic carbocycles. The Hall–Kier alpha value is -3.39. The highest BCUT2D eigenvalue weighted by atomic mass is 19.4. The molecular weight excluding hydrogens is 431 g/mol. The standard InChI is InChI=1S/C25H24F3N3O2/c1-17-5-3-4-6-21(17)22-7-8-29-16-23(22)30(2)24(32)18-13-19(25(26,27)28)15-20(14-18)31-9-11-33-12-10-31/h3-8,13-16H,9-12H2,1-2H3. The molecule has 2 heterocycles. The summed E-state index contributed by atoms with van der Waals surface area (Å²) in [6.07, 6.45) is -1.39. The summed E-state index contributed by atoms with van der Waals surface area (Å²) in [5, 5.41) is 0. The third-order valence-electron chi connectivity index (χ3n) is 5.77. The van der Waals surface area contributed by atoms with E-state index in [4.69, 9.17) is 4.74 Å². The summed E-state index contributed by atoms with van der Waals surface area (Å²) in [4.78, 5) is 20.7. The SMILES string of the molecule is Cc1ccccc1-c1ccncc1N(C)C(=O)c1cc(N2CCOCC2)cc(C(F)(F)F)c1. The molecule has 8 heteroatoms. The van der Waals surface area contributed by atoms with Crippen molar-refractivity contribution in [2.24, 2.45) is 0 Å². The van der Waals surface area contributed by atoms with Gasteiger partial charge in [0.25, 0.3) is 5.91 Å². The van der Waals surface area contributed by atoms with Crippen LogP contribution in [0.15, 0.2) is 60.9 Å². The monoisotopic (exact) mass is 455 g/mol. The number of ether oxygens (including phenoxy) is 1. The molecule has 1 aliphatic heterocycles. The Bertz CT molecular complexity index is 1160. The number of morpholine rings is 1. The normalized spacial score (nSPS) is 14.3. The van der Waals surface area contributed by atoms with Crippen LogP contribution in [0.1, 0.15) is 21.5 Å². The van der Waals surface area contributed by atoms with E-state index in [9.17, 15) is 18.0 Å². The fraction of sp³-hybridized carbons (Fsp3) is 0.280. The Morgan fingerprint density at radius 2 is 1.79 bits per heavy atom. The molecule has 1 aromatic heterocycles. The quantitative estimate of drug-likeness (QED) is 0.543. The van der Waals surface area contributed by atoms with Gasteiger partial charge in [0.1, 0.15) is 0 Å². The van der Waals surface area contributed by atoms with Gasteiger partial charge in [-0.1, -0.05) is 24.3 Å². The fourth-order valence-electron chi connectivity index (χ4n) is 3.96. The van der Waals surface area contributed by atoms with Crippen molar-refractivity contribution in [3.8, 4) is 11.1 Å². The molecule has 3 aromatic rings. The number of carbonyl (C=O) groups is 1. The molecule has 0 atom stereocenters. The van der Waals surface area contributed by atoms with Crippen molar-refractivity contribution in [3.05, 3.63) is 77.6 Å². The van der Waals surface area contributed by atoms with Crippen LogP contribution in [0.4, 0.5) is 24.5 Å². The molecule has 0 unspecified atom stereocenters. The number of rotatable bonds is 4. The van der Waals surface area contributed by atoms with E-state index in [1.807, 2.05) is 31.2 Å². The van der Waals surface area contributed by atoms with Gasteiger partial charge in [0.15, 0.2) is 0 Å². The summed E-state index contributed by atoms with van der Waals surface area (Å²) in [6, 6.07) is 13.0. The van der Waals surface area contributed by atoms with Crippen molar-refractivity contribution in [3.63, 3.8) is 0 Å². The first kappa shape index (κ1) is 22.8. The van der Waals surface area contributed by atoms with E-state index in [-0.39, 0.29) is 5.56 Å². The number of alkyl halides is 3. The van der Waals surface area contributed by atoms with E-state index in [1.165, 1.54) is 11.0 Å². The molecule has 1 saturated heterocycles. The van der Waals surface area contributed by atoms with Gasteiger partial charge in [0.05, 0.1) is 30.7 Å². The summed E-state index contributed by atoms with van der Waals surface area (Å²) in [5.74, 6) is -0.543. The van der Waals surface area contributed by atoms with Crippen LogP contribution in [-0.4, -0.2) is 44.2 Å². The van der Waals surface area contributed by atoms with E-state index in [2.05, 4.69) is 4.98 Å². The van der Waals surface area contributed by atoms with E-state index in [0.717, 1.165) is 28.8 Å². The first-order chi connectivity index (χ1) is 15.8. The molecule has 4 rings (SSSR count). The first-order valence-electron chi connectivity index (χ1n) is 10.6.